The summed E-state index contributed by atoms with van der Waals surface area (Å²) in [5.41, 5.74) is 0.891. The number of nitrogens with one attached hydrogen (secondary N) is 1. The van der Waals surface area contributed by atoms with Crippen molar-refractivity contribution in [3.8, 4) is 5.75 Å². The second-order valence-corrected chi connectivity index (χ2v) is 4.21. The fourth-order valence-corrected chi connectivity index (χ4v) is 1.89. The minimum atomic E-state index is -0.345. The number of hydrogen-bond acceptors (Lipinski definition) is 3. The Bertz CT molecular complexity index is 539. The molecule has 0 amide bonds. The van der Waals surface area contributed by atoms with Crippen LogP contribution in [0.4, 0.5) is 4.39 Å². The Morgan fingerprint density at radius 2 is 2.26 bits per heavy atom. The lowest BCUT2D eigenvalue weighted by Gasteiger charge is -2.09. The molecule has 0 bridgehead atoms. The Morgan fingerprint density at radius 1 is 1.42 bits per heavy atom. The maximum atomic E-state index is 13.8. The van der Waals surface area contributed by atoms with Crippen LogP contribution in [0.15, 0.2) is 30.6 Å². The SMILES string of the molecule is CCn1ccnc1COc1ccc(CNC)cc1F. The smallest absolute Gasteiger partial charge is 0.165 e. The molecule has 102 valence electrons. The summed E-state index contributed by atoms with van der Waals surface area (Å²) >= 11 is 0. The van der Waals surface area contributed by atoms with E-state index in [-0.39, 0.29) is 18.2 Å². The lowest BCUT2D eigenvalue weighted by molar-refractivity contribution is 0.275. The van der Waals surface area contributed by atoms with Gasteiger partial charge >= 0.3 is 0 Å². The third kappa shape index (κ3) is 3.32. The minimum absolute atomic E-state index is 0.255. The van der Waals surface area contributed by atoms with Crippen LogP contribution in [0.25, 0.3) is 0 Å². The summed E-state index contributed by atoms with van der Waals surface area (Å²) < 4.78 is 21.2. The van der Waals surface area contributed by atoms with Crippen molar-refractivity contribution in [1.29, 1.82) is 0 Å². The largest absolute Gasteiger partial charge is 0.483 e. The standard InChI is InChI=1S/C14H18FN3O/c1-3-18-7-6-17-14(18)10-19-13-5-4-11(9-16-2)8-12(13)15/h4-8,16H,3,9-10H2,1-2H3. The Morgan fingerprint density at radius 3 is 2.95 bits per heavy atom. The Labute approximate surface area is 112 Å². The Balaban J connectivity index is 2.03. The number of halogens is 1. The van der Waals surface area contributed by atoms with Crippen LogP contribution in [-0.2, 0) is 19.7 Å². The Kier molecular flexibility index (Phi) is 4.52. The van der Waals surface area contributed by atoms with Gasteiger partial charge in [-0.3, -0.25) is 0 Å². The lowest BCUT2D eigenvalue weighted by atomic mass is 10.2. The molecule has 1 N–H and O–H groups in total. The summed E-state index contributed by atoms with van der Waals surface area (Å²) in [6.07, 6.45) is 3.60. The van der Waals surface area contributed by atoms with Crippen molar-refractivity contribution in [3.63, 3.8) is 0 Å². The van der Waals surface area contributed by atoms with E-state index in [1.54, 1.807) is 12.3 Å². The van der Waals surface area contributed by atoms with Gasteiger partial charge in [-0.15, -0.1) is 0 Å². The van der Waals surface area contributed by atoms with Crippen molar-refractivity contribution in [2.75, 3.05) is 7.05 Å². The van der Waals surface area contributed by atoms with Crippen molar-refractivity contribution in [2.24, 2.45) is 0 Å². The zero-order valence-electron chi connectivity index (χ0n) is 11.2. The first-order valence-electron chi connectivity index (χ1n) is 6.30. The van der Waals surface area contributed by atoms with E-state index in [0.29, 0.717) is 6.54 Å². The molecule has 5 heteroatoms. The van der Waals surface area contributed by atoms with Crippen LogP contribution >= 0.6 is 0 Å². The van der Waals surface area contributed by atoms with Crippen LogP contribution in [0.3, 0.4) is 0 Å². The van der Waals surface area contributed by atoms with Gasteiger partial charge in [0, 0.05) is 25.5 Å². The molecule has 19 heavy (non-hydrogen) atoms. The molecule has 0 aliphatic carbocycles. The third-order valence-corrected chi connectivity index (χ3v) is 2.88. The van der Waals surface area contributed by atoms with Gasteiger partial charge < -0.3 is 14.6 Å². The molecule has 0 aliphatic heterocycles. The number of aromatic nitrogens is 2. The topological polar surface area (TPSA) is 39.1 Å². The van der Waals surface area contributed by atoms with Crippen LogP contribution in [0.2, 0.25) is 0 Å². The van der Waals surface area contributed by atoms with Gasteiger partial charge in [0.2, 0.25) is 0 Å². The second kappa shape index (κ2) is 6.33. The first-order chi connectivity index (χ1) is 9.24. The number of imidazole rings is 1. The highest BCUT2D eigenvalue weighted by molar-refractivity contribution is 5.29. The summed E-state index contributed by atoms with van der Waals surface area (Å²) in [6.45, 7) is 3.75. The van der Waals surface area contributed by atoms with Gasteiger partial charge in [-0.2, -0.15) is 0 Å². The normalized spacial score (nSPS) is 10.7. The zero-order chi connectivity index (χ0) is 13.7. The van der Waals surface area contributed by atoms with Crippen LogP contribution in [0.1, 0.15) is 18.3 Å². The van der Waals surface area contributed by atoms with Crippen LogP contribution < -0.4 is 10.1 Å². The number of hydrogen-bond donors (Lipinski definition) is 1. The molecule has 0 aliphatic rings. The van der Waals surface area contributed by atoms with Crippen molar-refractivity contribution in [2.45, 2.75) is 26.6 Å². The maximum absolute atomic E-state index is 13.8. The van der Waals surface area contributed by atoms with Crippen molar-refractivity contribution in [3.05, 3.63) is 47.8 Å². The third-order valence-electron chi connectivity index (χ3n) is 2.88. The van der Waals surface area contributed by atoms with Crippen molar-refractivity contribution >= 4 is 0 Å². The Hall–Kier alpha value is -1.88. The van der Waals surface area contributed by atoms with E-state index in [1.165, 1.54) is 6.07 Å². The van der Waals surface area contributed by atoms with Gasteiger partial charge in [0.05, 0.1) is 0 Å². The highest BCUT2D eigenvalue weighted by Gasteiger charge is 2.07. The monoisotopic (exact) mass is 263 g/mol. The summed E-state index contributed by atoms with van der Waals surface area (Å²) in [5.74, 6) is 0.703. The van der Waals surface area contributed by atoms with E-state index in [2.05, 4.69) is 10.3 Å². The molecule has 0 unspecified atom stereocenters. The molecule has 1 aromatic heterocycles. The average Bonchev–Trinajstić information content (AvgIpc) is 2.85. The van der Waals surface area contributed by atoms with Gasteiger partial charge in [-0.05, 0) is 31.7 Å². The quantitative estimate of drug-likeness (QED) is 0.869. The maximum Gasteiger partial charge on any atom is 0.165 e. The fraction of sp³-hybridized carbons (Fsp3) is 0.357. The number of aryl methyl sites for hydroxylation is 1. The van der Waals surface area contributed by atoms with E-state index in [1.807, 2.05) is 30.8 Å². The van der Waals surface area contributed by atoms with Gasteiger partial charge in [0.15, 0.2) is 11.6 Å². The van der Waals surface area contributed by atoms with Crippen molar-refractivity contribution in [1.82, 2.24) is 14.9 Å². The highest BCUT2D eigenvalue weighted by atomic mass is 19.1. The van der Waals surface area contributed by atoms with E-state index in [0.717, 1.165) is 17.9 Å². The van der Waals surface area contributed by atoms with Gasteiger partial charge in [-0.1, -0.05) is 6.07 Å². The molecular formula is C14H18FN3O. The first-order valence-corrected chi connectivity index (χ1v) is 6.30. The molecule has 0 saturated heterocycles. The molecule has 1 heterocycles. The molecule has 2 aromatic rings. The van der Waals surface area contributed by atoms with Crippen molar-refractivity contribution < 1.29 is 9.13 Å². The van der Waals surface area contributed by atoms with Crippen LogP contribution in [0, 0.1) is 5.82 Å². The summed E-state index contributed by atoms with van der Waals surface area (Å²) in [5, 5.41) is 2.98. The van der Waals surface area contributed by atoms with E-state index < -0.39 is 0 Å². The van der Waals surface area contributed by atoms with Gasteiger partial charge in [0.1, 0.15) is 12.4 Å². The van der Waals surface area contributed by atoms with Crippen LogP contribution in [-0.4, -0.2) is 16.6 Å². The predicted octanol–water partition coefficient (Wildman–Crippen LogP) is 2.34. The molecule has 4 nitrogen and oxygen atoms in total. The van der Waals surface area contributed by atoms with Crippen LogP contribution in [0.5, 0.6) is 5.75 Å². The summed E-state index contributed by atoms with van der Waals surface area (Å²) in [6, 6.07) is 4.99. The van der Waals surface area contributed by atoms with E-state index >= 15 is 0 Å². The minimum Gasteiger partial charge on any atom is -0.483 e. The molecular weight excluding hydrogens is 245 g/mol. The predicted molar refractivity (Wildman–Crippen MR) is 71.4 cm³/mol. The molecule has 0 radical (unpaired) electrons. The molecule has 0 atom stereocenters. The molecule has 2 rings (SSSR count). The van der Waals surface area contributed by atoms with E-state index in [9.17, 15) is 4.39 Å². The fourth-order valence-electron chi connectivity index (χ4n) is 1.89. The number of nitrogens with zero attached hydrogens (tertiary/aromatic N) is 2. The average molecular weight is 263 g/mol. The number of rotatable bonds is 6. The van der Waals surface area contributed by atoms with E-state index in [4.69, 9.17) is 4.74 Å². The molecule has 0 spiro atoms. The summed E-state index contributed by atoms with van der Waals surface area (Å²) in [4.78, 5) is 4.18. The number of ether oxygens (including phenoxy) is 1. The summed E-state index contributed by atoms with van der Waals surface area (Å²) in [7, 11) is 1.83. The van der Waals surface area contributed by atoms with Gasteiger partial charge in [-0.25, -0.2) is 9.37 Å². The molecule has 1 aromatic carbocycles. The first kappa shape index (κ1) is 13.5. The molecule has 0 saturated carbocycles. The molecule has 0 fully saturated rings. The second-order valence-electron chi connectivity index (χ2n) is 4.21. The highest BCUT2D eigenvalue weighted by Crippen LogP contribution is 2.19. The number of benzene rings is 1. The zero-order valence-corrected chi connectivity index (χ0v) is 11.2. The lowest BCUT2D eigenvalue weighted by Crippen LogP contribution is -2.07. The van der Waals surface area contributed by atoms with Gasteiger partial charge in [0.25, 0.3) is 0 Å².